The molecule has 0 aromatic carbocycles. The largest absolute Gasteiger partial charge is 0.396 e. The molecular weight excluding hydrogens is 192 g/mol. The fourth-order valence-corrected chi connectivity index (χ4v) is 1.82. The highest BCUT2D eigenvalue weighted by Crippen LogP contribution is 2.05. The Morgan fingerprint density at radius 3 is 3.00 bits per heavy atom. The molecule has 1 aliphatic rings. The van der Waals surface area contributed by atoms with Crippen molar-refractivity contribution in [3.63, 3.8) is 0 Å². The fraction of sp³-hybridized carbons (Fsp3) is 0.909. The van der Waals surface area contributed by atoms with Crippen molar-refractivity contribution in [1.29, 1.82) is 0 Å². The summed E-state index contributed by atoms with van der Waals surface area (Å²) in [5, 5.41) is 14.8. The number of carbonyl (C=O) groups excluding carboxylic acids is 1. The smallest absolute Gasteiger partial charge is 0.237 e. The predicted molar refractivity (Wildman–Crippen MR) is 59.6 cm³/mol. The summed E-state index contributed by atoms with van der Waals surface area (Å²) in [6, 6.07) is 0.00151. The van der Waals surface area contributed by atoms with E-state index in [-0.39, 0.29) is 18.6 Å². The Labute approximate surface area is 91.4 Å². The van der Waals surface area contributed by atoms with Gasteiger partial charge < -0.3 is 15.7 Å². The van der Waals surface area contributed by atoms with Crippen molar-refractivity contribution in [2.45, 2.75) is 44.6 Å². The van der Waals surface area contributed by atoms with Gasteiger partial charge in [-0.05, 0) is 45.1 Å². The van der Waals surface area contributed by atoms with Crippen LogP contribution in [0.2, 0.25) is 0 Å². The molecule has 88 valence electrons. The molecule has 0 aliphatic carbocycles. The van der Waals surface area contributed by atoms with Crippen LogP contribution < -0.4 is 10.6 Å². The highest BCUT2D eigenvalue weighted by Gasteiger charge is 2.18. The van der Waals surface area contributed by atoms with Gasteiger partial charge in [0.1, 0.15) is 0 Å². The van der Waals surface area contributed by atoms with E-state index in [0.29, 0.717) is 0 Å². The van der Waals surface area contributed by atoms with Crippen molar-refractivity contribution in [3.8, 4) is 0 Å². The van der Waals surface area contributed by atoms with Gasteiger partial charge in [-0.15, -0.1) is 0 Å². The lowest BCUT2D eigenvalue weighted by Gasteiger charge is -2.14. The van der Waals surface area contributed by atoms with Crippen LogP contribution in [0.15, 0.2) is 0 Å². The third kappa shape index (κ3) is 5.14. The van der Waals surface area contributed by atoms with Crippen molar-refractivity contribution < 1.29 is 9.90 Å². The summed E-state index contributed by atoms with van der Waals surface area (Å²) in [7, 11) is 0. The summed E-state index contributed by atoms with van der Waals surface area (Å²) < 4.78 is 0. The topological polar surface area (TPSA) is 61.4 Å². The van der Waals surface area contributed by atoms with Gasteiger partial charge in [-0.3, -0.25) is 4.79 Å². The van der Waals surface area contributed by atoms with Gasteiger partial charge in [-0.25, -0.2) is 0 Å². The Hall–Kier alpha value is -0.610. The van der Waals surface area contributed by atoms with Gasteiger partial charge in [-0.1, -0.05) is 0 Å². The number of aliphatic hydroxyl groups is 1. The molecule has 0 aromatic rings. The SMILES string of the molecule is O=C1NCCCCC1NCCCCCO. The zero-order chi connectivity index (χ0) is 10.9. The first-order chi connectivity index (χ1) is 7.34. The summed E-state index contributed by atoms with van der Waals surface area (Å²) in [5.74, 6) is 0.148. The Morgan fingerprint density at radius 2 is 2.20 bits per heavy atom. The van der Waals surface area contributed by atoms with Crippen LogP contribution >= 0.6 is 0 Å². The van der Waals surface area contributed by atoms with Crippen LogP contribution in [0.25, 0.3) is 0 Å². The van der Waals surface area contributed by atoms with Crippen LogP contribution in [0.5, 0.6) is 0 Å². The van der Waals surface area contributed by atoms with E-state index in [2.05, 4.69) is 10.6 Å². The number of hydrogen-bond donors (Lipinski definition) is 3. The Morgan fingerprint density at radius 1 is 1.33 bits per heavy atom. The summed E-state index contributed by atoms with van der Waals surface area (Å²) in [5.41, 5.74) is 0. The Balaban J connectivity index is 2.10. The maximum atomic E-state index is 11.5. The van der Waals surface area contributed by atoms with E-state index in [4.69, 9.17) is 5.11 Å². The summed E-state index contributed by atoms with van der Waals surface area (Å²) in [4.78, 5) is 11.5. The summed E-state index contributed by atoms with van der Waals surface area (Å²) >= 11 is 0. The van der Waals surface area contributed by atoms with Crippen LogP contribution in [0.4, 0.5) is 0 Å². The fourth-order valence-electron chi connectivity index (χ4n) is 1.82. The maximum Gasteiger partial charge on any atom is 0.237 e. The first-order valence-corrected chi connectivity index (χ1v) is 5.96. The van der Waals surface area contributed by atoms with Crippen LogP contribution in [0.1, 0.15) is 38.5 Å². The van der Waals surface area contributed by atoms with Gasteiger partial charge in [0.05, 0.1) is 6.04 Å². The number of nitrogens with one attached hydrogen (secondary N) is 2. The van der Waals surface area contributed by atoms with Crippen molar-refractivity contribution in [2.75, 3.05) is 19.7 Å². The molecule has 1 atom stereocenters. The number of amides is 1. The molecule has 1 heterocycles. The molecule has 15 heavy (non-hydrogen) atoms. The van der Waals surface area contributed by atoms with E-state index in [0.717, 1.165) is 51.6 Å². The number of aliphatic hydroxyl groups excluding tert-OH is 1. The molecule has 1 rings (SSSR count). The zero-order valence-electron chi connectivity index (χ0n) is 9.30. The average molecular weight is 214 g/mol. The van der Waals surface area contributed by atoms with Crippen molar-refractivity contribution in [1.82, 2.24) is 10.6 Å². The first-order valence-electron chi connectivity index (χ1n) is 5.96. The minimum atomic E-state index is 0.00151. The lowest BCUT2D eigenvalue weighted by Crippen LogP contribution is -2.43. The molecule has 1 unspecified atom stereocenters. The van der Waals surface area contributed by atoms with E-state index < -0.39 is 0 Å². The quantitative estimate of drug-likeness (QED) is 0.561. The first kappa shape index (κ1) is 12.5. The highest BCUT2D eigenvalue weighted by molar-refractivity contribution is 5.81. The van der Waals surface area contributed by atoms with Gasteiger partial charge in [0.2, 0.25) is 5.91 Å². The molecule has 1 fully saturated rings. The molecule has 0 bridgehead atoms. The third-order valence-electron chi connectivity index (χ3n) is 2.76. The maximum absolute atomic E-state index is 11.5. The Bertz CT molecular complexity index is 185. The van der Waals surface area contributed by atoms with E-state index in [9.17, 15) is 4.79 Å². The van der Waals surface area contributed by atoms with Crippen molar-refractivity contribution >= 4 is 5.91 Å². The lowest BCUT2D eigenvalue weighted by atomic mass is 10.1. The number of carbonyl (C=O) groups is 1. The molecule has 0 radical (unpaired) electrons. The zero-order valence-corrected chi connectivity index (χ0v) is 9.30. The standard InChI is InChI=1S/C11H22N2O2/c14-9-5-1-3-7-12-10-6-2-4-8-13-11(10)15/h10,12,14H,1-9H2,(H,13,15). The van der Waals surface area contributed by atoms with E-state index in [1.807, 2.05) is 0 Å². The molecule has 0 saturated carbocycles. The van der Waals surface area contributed by atoms with Crippen LogP contribution in [0, 0.1) is 0 Å². The third-order valence-corrected chi connectivity index (χ3v) is 2.76. The van der Waals surface area contributed by atoms with Crippen LogP contribution in [0.3, 0.4) is 0 Å². The Kier molecular flexibility index (Phi) is 6.36. The average Bonchev–Trinajstić information content (AvgIpc) is 2.44. The number of unbranched alkanes of at least 4 members (excludes halogenated alkanes) is 2. The molecule has 1 saturated heterocycles. The molecule has 3 N–H and O–H groups in total. The van der Waals surface area contributed by atoms with Gasteiger partial charge >= 0.3 is 0 Å². The second-order valence-electron chi connectivity index (χ2n) is 4.08. The van der Waals surface area contributed by atoms with Gasteiger partial charge in [0, 0.05) is 13.2 Å². The van der Waals surface area contributed by atoms with E-state index in [1.54, 1.807) is 0 Å². The molecule has 4 heteroatoms. The molecule has 0 spiro atoms. The van der Waals surface area contributed by atoms with Gasteiger partial charge in [0.15, 0.2) is 0 Å². The normalized spacial score (nSPS) is 22.2. The van der Waals surface area contributed by atoms with E-state index >= 15 is 0 Å². The van der Waals surface area contributed by atoms with Gasteiger partial charge in [0.25, 0.3) is 0 Å². The summed E-state index contributed by atoms with van der Waals surface area (Å²) in [6.07, 6.45) is 6.08. The molecular formula is C11H22N2O2. The van der Waals surface area contributed by atoms with Crippen LogP contribution in [-0.2, 0) is 4.79 Å². The second kappa shape index (κ2) is 7.65. The number of rotatable bonds is 6. The minimum Gasteiger partial charge on any atom is -0.396 e. The van der Waals surface area contributed by atoms with Crippen molar-refractivity contribution in [2.24, 2.45) is 0 Å². The predicted octanol–water partition coefficient (Wildman–Crippen LogP) is 0.407. The second-order valence-corrected chi connectivity index (χ2v) is 4.08. The number of hydrogen-bond acceptors (Lipinski definition) is 3. The molecule has 1 aliphatic heterocycles. The monoisotopic (exact) mass is 214 g/mol. The molecule has 4 nitrogen and oxygen atoms in total. The lowest BCUT2D eigenvalue weighted by molar-refractivity contribution is -0.122. The van der Waals surface area contributed by atoms with Gasteiger partial charge in [-0.2, -0.15) is 0 Å². The van der Waals surface area contributed by atoms with Crippen molar-refractivity contribution in [3.05, 3.63) is 0 Å². The molecule has 1 amide bonds. The highest BCUT2D eigenvalue weighted by atomic mass is 16.2. The summed E-state index contributed by atoms with van der Waals surface area (Å²) in [6.45, 7) is 1.96. The van der Waals surface area contributed by atoms with E-state index in [1.165, 1.54) is 0 Å². The molecule has 0 aromatic heterocycles. The minimum absolute atomic E-state index is 0.00151. The van der Waals surface area contributed by atoms with Crippen LogP contribution in [-0.4, -0.2) is 36.8 Å².